The van der Waals surface area contributed by atoms with Gasteiger partial charge in [-0.1, -0.05) is 58.4 Å². The molecule has 96 valence electrons. The van der Waals surface area contributed by atoms with Crippen LogP contribution < -0.4 is 0 Å². The van der Waals surface area contributed by atoms with Crippen molar-refractivity contribution in [1.82, 2.24) is 4.90 Å². The number of benzene rings is 2. The Hall–Kier alpha value is -1.63. The molecule has 0 aromatic heterocycles. The molecule has 2 aromatic carbocycles. The molecule has 0 heterocycles. The van der Waals surface area contributed by atoms with E-state index in [-0.39, 0.29) is 6.04 Å². The van der Waals surface area contributed by atoms with Gasteiger partial charge in [-0.3, -0.25) is 4.90 Å². The first-order valence-corrected chi connectivity index (χ1v) is 6.89. The Labute approximate surface area is 122 Å². The third kappa shape index (κ3) is 3.66. The molecule has 2 rings (SSSR count). The molecule has 0 spiro atoms. The predicted octanol–water partition coefficient (Wildman–Crippen LogP) is 4.15. The fraction of sp³-hybridized carbons (Fsp3) is 0.188. The minimum atomic E-state index is -0.228. The van der Waals surface area contributed by atoms with Crippen molar-refractivity contribution in [3.63, 3.8) is 0 Å². The molecule has 3 heteroatoms. The summed E-state index contributed by atoms with van der Waals surface area (Å²) >= 11 is 3.41. The van der Waals surface area contributed by atoms with Gasteiger partial charge in [-0.05, 0) is 30.3 Å². The summed E-state index contributed by atoms with van der Waals surface area (Å²) in [4.78, 5) is 2.05. The molecular formula is C16H15BrN2. The van der Waals surface area contributed by atoms with E-state index < -0.39 is 0 Å². The minimum Gasteiger partial charge on any atom is -0.283 e. The third-order valence-electron chi connectivity index (χ3n) is 3.02. The molecule has 0 radical (unpaired) electrons. The Kier molecular flexibility index (Phi) is 4.73. The van der Waals surface area contributed by atoms with Crippen LogP contribution in [0.15, 0.2) is 59.1 Å². The van der Waals surface area contributed by atoms with Crippen LogP contribution in [0.5, 0.6) is 0 Å². The van der Waals surface area contributed by atoms with Crippen molar-refractivity contribution in [2.24, 2.45) is 0 Å². The first-order chi connectivity index (χ1) is 9.20. The van der Waals surface area contributed by atoms with E-state index in [2.05, 4.69) is 39.0 Å². The zero-order valence-corrected chi connectivity index (χ0v) is 12.3. The van der Waals surface area contributed by atoms with Crippen LogP contribution in [0.4, 0.5) is 0 Å². The molecule has 0 saturated heterocycles. The van der Waals surface area contributed by atoms with Gasteiger partial charge in [-0.2, -0.15) is 5.26 Å². The van der Waals surface area contributed by atoms with Crippen LogP contribution in [-0.4, -0.2) is 11.9 Å². The van der Waals surface area contributed by atoms with Crippen LogP contribution >= 0.6 is 15.9 Å². The number of nitrogens with zero attached hydrogens (tertiary/aromatic N) is 2. The predicted molar refractivity (Wildman–Crippen MR) is 80.4 cm³/mol. The normalized spacial score (nSPS) is 12.1. The van der Waals surface area contributed by atoms with Gasteiger partial charge in [0, 0.05) is 11.0 Å². The monoisotopic (exact) mass is 314 g/mol. The molecule has 0 aliphatic rings. The van der Waals surface area contributed by atoms with Gasteiger partial charge in [0.2, 0.25) is 0 Å². The molecule has 0 bridgehead atoms. The molecule has 1 unspecified atom stereocenters. The van der Waals surface area contributed by atoms with Gasteiger partial charge in [-0.15, -0.1) is 0 Å². The molecule has 2 nitrogen and oxygen atoms in total. The van der Waals surface area contributed by atoms with E-state index in [0.29, 0.717) is 0 Å². The van der Waals surface area contributed by atoms with Crippen LogP contribution in [-0.2, 0) is 6.54 Å². The molecular weight excluding hydrogens is 300 g/mol. The van der Waals surface area contributed by atoms with E-state index in [9.17, 15) is 5.26 Å². The number of hydrogen-bond donors (Lipinski definition) is 0. The molecule has 0 saturated carbocycles. The highest BCUT2D eigenvalue weighted by Gasteiger charge is 2.16. The fourth-order valence-electron chi connectivity index (χ4n) is 2.04. The van der Waals surface area contributed by atoms with Crippen molar-refractivity contribution in [3.8, 4) is 6.07 Å². The Morgan fingerprint density at radius 1 is 1.11 bits per heavy atom. The number of nitriles is 1. The molecule has 0 amide bonds. The lowest BCUT2D eigenvalue weighted by Gasteiger charge is -2.22. The van der Waals surface area contributed by atoms with Crippen LogP contribution in [0.1, 0.15) is 17.2 Å². The average molecular weight is 315 g/mol. The van der Waals surface area contributed by atoms with E-state index in [1.54, 1.807) is 0 Å². The minimum absolute atomic E-state index is 0.228. The molecule has 0 N–H and O–H groups in total. The number of halogens is 1. The van der Waals surface area contributed by atoms with Crippen molar-refractivity contribution in [3.05, 3.63) is 70.2 Å². The molecule has 0 fully saturated rings. The maximum Gasteiger partial charge on any atom is 0.123 e. The zero-order valence-electron chi connectivity index (χ0n) is 10.8. The third-order valence-corrected chi connectivity index (χ3v) is 3.55. The molecule has 19 heavy (non-hydrogen) atoms. The quantitative estimate of drug-likeness (QED) is 0.847. The summed E-state index contributed by atoms with van der Waals surface area (Å²) in [6, 6.07) is 20.2. The summed E-state index contributed by atoms with van der Waals surface area (Å²) in [5, 5.41) is 9.39. The van der Waals surface area contributed by atoms with Crippen molar-refractivity contribution in [2.75, 3.05) is 7.05 Å². The second-order valence-corrected chi connectivity index (χ2v) is 5.40. The molecule has 0 aliphatic carbocycles. The SMILES string of the molecule is CN(Cc1ccccc1)C(C#N)c1ccc(Br)cc1. The van der Waals surface area contributed by atoms with Gasteiger partial charge in [0.1, 0.15) is 6.04 Å². The van der Waals surface area contributed by atoms with Crippen molar-refractivity contribution < 1.29 is 0 Å². The van der Waals surface area contributed by atoms with E-state index in [1.807, 2.05) is 49.5 Å². The highest BCUT2D eigenvalue weighted by atomic mass is 79.9. The Balaban J connectivity index is 2.14. The van der Waals surface area contributed by atoms with Gasteiger partial charge in [0.25, 0.3) is 0 Å². The van der Waals surface area contributed by atoms with E-state index >= 15 is 0 Å². The van der Waals surface area contributed by atoms with Gasteiger partial charge in [0.15, 0.2) is 0 Å². The molecule has 0 aliphatic heterocycles. The first kappa shape index (κ1) is 13.8. The van der Waals surface area contributed by atoms with E-state index in [0.717, 1.165) is 16.6 Å². The maximum atomic E-state index is 9.39. The fourth-order valence-corrected chi connectivity index (χ4v) is 2.30. The largest absolute Gasteiger partial charge is 0.283 e. The van der Waals surface area contributed by atoms with Crippen molar-refractivity contribution in [2.45, 2.75) is 12.6 Å². The Morgan fingerprint density at radius 3 is 2.32 bits per heavy atom. The summed E-state index contributed by atoms with van der Waals surface area (Å²) < 4.78 is 1.03. The van der Waals surface area contributed by atoms with Gasteiger partial charge < -0.3 is 0 Å². The lowest BCUT2D eigenvalue weighted by atomic mass is 10.1. The smallest absolute Gasteiger partial charge is 0.123 e. The first-order valence-electron chi connectivity index (χ1n) is 6.10. The summed E-state index contributed by atoms with van der Waals surface area (Å²) in [7, 11) is 1.98. The van der Waals surface area contributed by atoms with Crippen LogP contribution in [0.25, 0.3) is 0 Å². The van der Waals surface area contributed by atoms with E-state index in [4.69, 9.17) is 0 Å². The summed E-state index contributed by atoms with van der Waals surface area (Å²) in [5.74, 6) is 0. The van der Waals surface area contributed by atoms with Gasteiger partial charge >= 0.3 is 0 Å². The lowest BCUT2D eigenvalue weighted by molar-refractivity contribution is 0.283. The van der Waals surface area contributed by atoms with Crippen LogP contribution in [0.2, 0.25) is 0 Å². The van der Waals surface area contributed by atoms with Gasteiger partial charge in [0.05, 0.1) is 6.07 Å². The maximum absolute atomic E-state index is 9.39. The summed E-state index contributed by atoms with van der Waals surface area (Å²) in [6.45, 7) is 0.759. The highest BCUT2D eigenvalue weighted by Crippen LogP contribution is 2.22. The van der Waals surface area contributed by atoms with Crippen LogP contribution in [0.3, 0.4) is 0 Å². The Morgan fingerprint density at radius 2 is 1.74 bits per heavy atom. The van der Waals surface area contributed by atoms with Crippen molar-refractivity contribution >= 4 is 15.9 Å². The summed E-state index contributed by atoms with van der Waals surface area (Å²) in [6.07, 6.45) is 0. The van der Waals surface area contributed by atoms with E-state index in [1.165, 1.54) is 5.56 Å². The summed E-state index contributed by atoms with van der Waals surface area (Å²) in [5.41, 5.74) is 2.23. The number of hydrogen-bond acceptors (Lipinski definition) is 2. The van der Waals surface area contributed by atoms with Crippen molar-refractivity contribution in [1.29, 1.82) is 5.26 Å². The standard InChI is InChI=1S/C16H15BrN2/c1-19(12-13-5-3-2-4-6-13)16(11-18)14-7-9-15(17)10-8-14/h2-10,16H,12H2,1H3. The van der Waals surface area contributed by atoms with Crippen LogP contribution in [0, 0.1) is 11.3 Å². The molecule has 2 aromatic rings. The Bertz CT molecular complexity index is 558. The average Bonchev–Trinajstić information content (AvgIpc) is 2.43. The lowest BCUT2D eigenvalue weighted by Crippen LogP contribution is -2.23. The highest BCUT2D eigenvalue weighted by molar-refractivity contribution is 9.10. The zero-order chi connectivity index (χ0) is 13.7. The topological polar surface area (TPSA) is 27.0 Å². The molecule has 1 atom stereocenters. The second-order valence-electron chi connectivity index (χ2n) is 4.48. The van der Waals surface area contributed by atoms with Gasteiger partial charge in [-0.25, -0.2) is 0 Å². The number of rotatable bonds is 4. The second kappa shape index (κ2) is 6.51.